The van der Waals surface area contributed by atoms with Crippen molar-refractivity contribution in [2.75, 3.05) is 31.4 Å². The van der Waals surface area contributed by atoms with Crippen LogP contribution < -0.4 is 20.1 Å². The first-order chi connectivity index (χ1) is 11.6. The first-order valence-corrected chi connectivity index (χ1v) is 8.47. The summed E-state index contributed by atoms with van der Waals surface area (Å²) >= 11 is 3.42. The van der Waals surface area contributed by atoms with Gasteiger partial charge in [0.1, 0.15) is 16.0 Å². The summed E-state index contributed by atoms with van der Waals surface area (Å²) in [6.07, 6.45) is 1.77. The second kappa shape index (κ2) is 7.97. The molecule has 0 unspecified atom stereocenters. The topological polar surface area (TPSA) is 64.8 Å². The smallest absolute Gasteiger partial charge is 0.258 e. The number of nitrogens with two attached hydrogens (primary N) is 1. The van der Waals surface area contributed by atoms with E-state index in [-0.39, 0.29) is 18.3 Å². The normalized spacial score (nSPS) is 12.8. The van der Waals surface area contributed by atoms with Crippen molar-refractivity contribution in [3.8, 4) is 11.5 Å². The number of nitrogens with zero attached hydrogens (tertiary/aromatic N) is 1. The first kappa shape index (κ1) is 19.4. The zero-order valence-corrected chi connectivity index (χ0v) is 16.4. The minimum atomic E-state index is -0.0920. The van der Waals surface area contributed by atoms with Gasteiger partial charge in [0, 0.05) is 23.5 Å². The molecule has 1 aliphatic rings. The lowest BCUT2D eigenvalue weighted by molar-refractivity contribution is 0.0984. The van der Waals surface area contributed by atoms with E-state index in [1.54, 1.807) is 31.3 Å². The Morgan fingerprint density at radius 3 is 2.44 bits per heavy atom. The summed E-state index contributed by atoms with van der Waals surface area (Å²) in [5.74, 6) is 1.02. The molecule has 0 aliphatic carbocycles. The third kappa shape index (κ3) is 3.55. The Kier molecular flexibility index (Phi) is 6.19. The Labute approximate surface area is 161 Å². The number of carbonyl (C=O) groups excluding carboxylic acids is 1. The van der Waals surface area contributed by atoms with Crippen molar-refractivity contribution in [2.24, 2.45) is 0 Å². The zero-order valence-electron chi connectivity index (χ0n) is 14.0. The molecule has 1 heterocycles. The van der Waals surface area contributed by atoms with Gasteiger partial charge in [-0.15, -0.1) is 12.4 Å². The summed E-state index contributed by atoms with van der Waals surface area (Å²) < 4.78 is 11.4. The summed E-state index contributed by atoms with van der Waals surface area (Å²) in [6, 6.07) is 9.13. The average Bonchev–Trinajstić information content (AvgIpc) is 2.61. The molecule has 5 nitrogen and oxygen atoms in total. The number of fused-ring (bicyclic) bond motifs is 1. The number of amides is 1. The molecule has 1 aliphatic heterocycles. The number of rotatable bonds is 3. The molecule has 0 aromatic heterocycles. The Morgan fingerprint density at radius 2 is 1.84 bits per heavy atom. The van der Waals surface area contributed by atoms with Crippen LogP contribution in [0, 0.1) is 0 Å². The van der Waals surface area contributed by atoms with Gasteiger partial charge < -0.3 is 20.1 Å². The summed E-state index contributed by atoms with van der Waals surface area (Å²) in [7, 11) is 3.12. The number of methoxy groups -OCH3 is 2. The van der Waals surface area contributed by atoms with Crippen LogP contribution in [0.2, 0.25) is 0 Å². The number of hydrogen-bond acceptors (Lipinski definition) is 4. The van der Waals surface area contributed by atoms with E-state index in [0.717, 1.165) is 29.8 Å². The number of carbonyl (C=O) groups is 1. The molecule has 1 amide bonds. The fourth-order valence-corrected chi connectivity index (χ4v) is 3.56. The van der Waals surface area contributed by atoms with E-state index in [1.807, 2.05) is 18.2 Å². The van der Waals surface area contributed by atoms with Crippen LogP contribution >= 0.6 is 28.3 Å². The van der Waals surface area contributed by atoms with Gasteiger partial charge >= 0.3 is 0 Å². The molecule has 0 spiro atoms. The van der Waals surface area contributed by atoms with Crippen molar-refractivity contribution >= 4 is 45.6 Å². The minimum absolute atomic E-state index is 0. The summed E-state index contributed by atoms with van der Waals surface area (Å²) in [6.45, 7) is 0.663. The number of hydrogen-bond donors (Lipinski definition) is 1. The molecule has 0 radical (unpaired) electrons. The Balaban J connectivity index is 0.00000225. The molecule has 25 heavy (non-hydrogen) atoms. The third-order valence-corrected chi connectivity index (χ3v) is 5.01. The van der Waals surface area contributed by atoms with E-state index >= 15 is 0 Å². The van der Waals surface area contributed by atoms with E-state index in [1.165, 1.54) is 0 Å². The van der Waals surface area contributed by atoms with E-state index < -0.39 is 0 Å². The molecule has 0 atom stereocenters. The first-order valence-electron chi connectivity index (χ1n) is 7.67. The lowest BCUT2D eigenvalue weighted by atomic mass is 9.99. The molecule has 2 aromatic rings. The number of anilines is 2. The van der Waals surface area contributed by atoms with Crippen molar-refractivity contribution < 1.29 is 14.3 Å². The molecular formula is C18H20BrClN2O3. The largest absolute Gasteiger partial charge is 0.495 e. The van der Waals surface area contributed by atoms with E-state index in [9.17, 15) is 4.79 Å². The second-order valence-corrected chi connectivity index (χ2v) is 6.39. The van der Waals surface area contributed by atoms with Crippen LogP contribution in [0.4, 0.5) is 11.4 Å². The van der Waals surface area contributed by atoms with Crippen molar-refractivity contribution in [1.29, 1.82) is 0 Å². The van der Waals surface area contributed by atoms with Crippen LogP contribution in [-0.4, -0.2) is 26.7 Å². The maximum atomic E-state index is 13.1. The number of ether oxygens (including phenoxy) is 2. The Morgan fingerprint density at radius 1 is 1.20 bits per heavy atom. The molecule has 0 saturated carbocycles. The number of nitrogen functional groups attached to an aromatic ring is 1. The molecule has 2 N–H and O–H groups in total. The molecule has 7 heteroatoms. The quantitative estimate of drug-likeness (QED) is 0.750. The molecule has 0 fully saturated rings. The fraction of sp³-hybridized carbons (Fsp3) is 0.278. The van der Waals surface area contributed by atoms with Gasteiger partial charge in [0.15, 0.2) is 0 Å². The van der Waals surface area contributed by atoms with Crippen LogP contribution in [0.5, 0.6) is 11.5 Å². The summed E-state index contributed by atoms with van der Waals surface area (Å²) in [5, 5.41) is 0. The standard InChI is InChI=1S/C18H19BrN2O3.ClH/c1-23-15-9-11(10-16(24-2)17(15)19)18(22)21-8-4-5-12-13(20)6-3-7-14(12)21;/h3,6-7,9-10H,4-5,8,20H2,1-2H3;1H. The molecule has 2 aromatic carbocycles. The van der Waals surface area contributed by atoms with Crippen LogP contribution in [0.3, 0.4) is 0 Å². The predicted octanol–water partition coefficient (Wildman–Crippen LogP) is 4.06. The third-order valence-electron chi connectivity index (χ3n) is 4.22. The molecular weight excluding hydrogens is 408 g/mol. The van der Waals surface area contributed by atoms with Gasteiger partial charge in [-0.2, -0.15) is 0 Å². The van der Waals surface area contributed by atoms with Crippen LogP contribution in [0.1, 0.15) is 22.3 Å². The molecule has 0 bridgehead atoms. The van der Waals surface area contributed by atoms with Crippen molar-refractivity contribution in [3.05, 3.63) is 45.9 Å². The van der Waals surface area contributed by atoms with Gasteiger partial charge in [0.25, 0.3) is 5.91 Å². The number of halogens is 2. The van der Waals surface area contributed by atoms with Gasteiger partial charge in [0.2, 0.25) is 0 Å². The highest BCUT2D eigenvalue weighted by molar-refractivity contribution is 9.10. The summed E-state index contributed by atoms with van der Waals surface area (Å²) in [5.41, 5.74) is 9.23. The van der Waals surface area contributed by atoms with Gasteiger partial charge in [-0.3, -0.25) is 4.79 Å². The maximum Gasteiger partial charge on any atom is 0.258 e. The van der Waals surface area contributed by atoms with E-state index in [4.69, 9.17) is 15.2 Å². The highest BCUT2D eigenvalue weighted by Crippen LogP contribution is 2.37. The predicted molar refractivity (Wildman–Crippen MR) is 105 cm³/mol. The lowest BCUT2D eigenvalue weighted by Gasteiger charge is -2.30. The molecule has 0 saturated heterocycles. The monoisotopic (exact) mass is 426 g/mol. The fourth-order valence-electron chi connectivity index (χ4n) is 3.01. The van der Waals surface area contributed by atoms with E-state index in [0.29, 0.717) is 28.1 Å². The van der Waals surface area contributed by atoms with Crippen molar-refractivity contribution in [1.82, 2.24) is 0 Å². The van der Waals surface area contributed by atoms with Crippen LogP contribution in [0.25, 0.3) is 0 Å². The Bertz CT molecular complexity index is 773. The zero-order chi connectivity index (χ0) is 17.3. The lowest BCUT2D eigenvalue weighted by Crippen LogP contribution is -2.35. The van der Waals surface area contributed by atoms with E-state index in [2.05, 4.69) is 15.9 Å². The molecule has 134 valence electrons. The summed E-state index contributed by atoms with van der Waals surface area (Å²) in [4.78, 5) is 14.9. The highest BCUT2D eigenvalue weighted by atomic mass is 79.9. The Hall–Kier alpha value is -1.92. The van der Waals surface area contributed by atoms with Crippen LogP contribution in [-0.2, 0) is 6.42 Å². The average molecular weight is 428 g/mol. The number of benzene rings is 2. The molecule has 3 rings (SSSR count). The minimum Gasteiger partial charge on any atom is -0.495 e. The maximum absolute atomic E-state index is 13.1. The second-order valence-electron chi connectivity index (χ2n) is 5.60. The van der Waals surface area contributed by atoms with Gasteiger partial charge in [-0.25, -0.2) is 0 Å². The van der Waals surface area contributed by atoms with Crippen molar-refractivity contribution in [3.63, 3.8) is 0 Å². The van der Waals surface area contributed by atoms with Gasteiger partial charge in [-0.05, 0) is 58.6 Å². The van der Waals surface area contributed by atoms with Crippen LogP contribution in [0.15, 0.2) is 34.8 Å². The van der Waals surface area contributed by atoms with Gasteiger partial charge in [-0.1, -0.05) is 6.07 Å². The highest BCUT2D eigenvalue weighted by Gasteiger charge is 2.26. The van der Waals surface area contributed by atoms with Crippen molar-refractivity contribution in [2.45, 2.75) is 12.8 Å². The SMILES string of the molecule is COc1cc(C(=O)N2CCCc3c(N)cccc32)cc(OC)c1Br.Cl. The van der Waals surface area contributed by atoms with Gasteiger partial charge in [0.05, 0.1) is 14.2 Å².